The van der Waals surface area contributed by atoms with Gasteiger partial charge in [0.1, 0.15) is 30.0 Å². The van der Waals surface area contributed by atoms with Crippen molar-refractivity contribution in [3.63, 3.8) is 0 Å². The molecular weight excluding hydrogens is 404 g/mol. The molecule has 0 bridgehead atoms. The van der Waals surface area contributed by atoms with E-state index in [-0.39, 0.29) is 12.4 Å². The molecule has 1 atom stereocenters. The molecule has 4 rings (SSSR count). The summed E-state index contributed by atoms with van der Waals surface area (Å²) in [7, 11) is 1.56. The number of ketones is 1. The number of nitrogens with zero attached hydrogens (tertiary/aromatic N) is 2. The summed E-state index contributed by atoms with van der Waals surface area (Å²) in [6.45, 7) is 2.41. The van der Waals surface area contributed by atoms with Crippen LogP contribution in [0.1, 0.15) is 28.7 Å². The molecule has 32 heavy (non-hydrogen) atoms. The second-order valence-electron chi connectivity index (χ2n) is 7.50. The predicted octanol–water partition coefficient (Wildman–Crippen LogP) is 4.28. The van der Waals surface area contributed by atoms with Gasteiger partial charge in [-0.2, -0.15) is 0 Å². The van der Waals surface area contributed by atoms with Crippen LogP contribution in [0.15, 0.2) is 72.8 Å². The first-order chi connectivity index (χ1) is 15.6. The van der Waals surface area contributed by atoms with Gasteiger partial charge in [0.15, 0.2) is 5.78 Å². The fraction of sp³-hybridized carbons (Fsp3) is 0.231. The normalized spacial score (nSPS) is 12.0. The number of carbonyl (C=O) groups is 1. The van der Waals surface area contributed by atoms with Crippen LogP contribution in [0.3, 0.4) is 0 Å². The molecule has 6 heteroatoms. The van der Waals surface area contributed by atoms with Gasteiger partial charge in [0.05, 0.1) is 30.3 Å². The van der Waals surface area contributed by atoms with Crippen LogP contribution in [0, 0.1) is 0 Å². The van der Waals surface area contributed by atoms with E-state index in [2.05, 4.69) is 4.98 Å². The molecule has 0 fully saturated rings. The number of aromatic nitrogens is 2. The molecule has 0 saturated heterocycles. The maximum absolute atomic E-state index is 13.0. The Morgan fingerprint density at radius 3 is 2.56 bits per heavy atom. The third kappa shape index (κ3) is 4.50. The second-order valence-corrected chi connectivity index (χ2v) is 7.50. The summed E-state index contributed by atoms with van der Waals surface area (Å²) in [4.78, 5) is 17.6. The number of rotatable bonds is 9. The number of ether oxygens (including phenoxy) is 2. The maximum Gasteiger partial charge on any atom is 0.196 e. The minimum atomic E-state index is -0.788. The van der Waals surface area contributed by atoms with Crippen molar-refractivity contribution in [1.29, 1.82) is 0 Å². The van der Waals surface area contributed by atoms with Gasteiger partial charge in [-0.05, 0) is 24.3 Å². The number of hydrogen-bond acceptors (Lipinski definition) is 5. The SMILES string of the molecule is CCc1nc2ccccc2n1C[C@H](O)COc1cc(OC)ccc1C(=O)c1ccccc1. The largest absolute Gasteiger partial charge is 0.497 e. The van der Waals surface area contributed by atoms with Crippen LogP contribution in [0.4, 0.5) is 0 Å². The summed E-state index contributed by atoms with van der Waals surface area (Å²) in [6, 6.07) is 22.0. The van der Waals surface area contributed by atoms with Gasteiger partial charge >= 0.3 is 0 Å². The average Bonchev–Trinajstić information content (AvgIpc) is 3.20. The molecule has 0 unspecified atom stereocenters. The summed E-state index contributed by atoms with van der Waals surface area (Å²) in [5.41, 5.74) is 2.87. The van der Waals surface area contributed by atoms with Crippen molar-refractivity contribution >= 4 is 16.8 Å². The first-order valence-corrected chi connectivity index (χ1v) is 10.6. The minimum absolute atomic E-state index is 0.0257. The van der Waals surface area contributed by atoms with Gasteiger partial charge in [0, 0.05) is 18.1 Å². The van der Waals surface area contributed by atoms with Crippen LogP contribution in [-0.4, -0.2) is 40.3 Å². The van der Waals surface area contributed by atoms with Crippen LogP contribution in [-0.2, 0) is 13.0 Å². The molecular formula is C26H26N2O4. The number of benzene rings is 3. The summed E-state index contributed by atoms with van der Waals surface area (Å²) < 4.78 is 13.3. The fourth-order valence-electron chi connectivity index (χ4n) is 3.73. The molecule has 1 aromatic heterocycles. The van der Waals surface area contributed by atoms with Crippen LogP contribution >= 0.6 is 0 Å². The zero-order valence-electron chi connectivity index (χ0n) is 18.2. The molecule has 0 aliphatic heterocycles. The number of fused-ring (bicyclic) bond motifs is 1. The summed E-state index contributed by atoms with van der Waals surface area (Å²) in [5, 5.41) is 10.7. The van der Waals surface area contributed by atoms with E-state index >= 15 is 0 Å². The van der Waals surface area contributed by atoms with Crippen molar-refractivity contribution in [2.45, 2.75) is 26.0 Å². The lowest BCUT2D eigenvalue weighted by atomic mass is 10.0. The highest BCUT2D eigenvalue weighted by Crippen LogP contribution is 2.27. The average molecular weight is 431 g/mol. The van der Waals surface area contributed by atoms with Gasteiger partial charge in [0.2, 0.25) is 0 Å². The molecule has 3 aromatic carbocycles. The number of aliphatic hydroxyl groups excluding tert-OH is 1. The Morgan fingerprint density at radius 1 is 1.06 bits per heavy atom. The van der Waals surface area contributed by atoms with Crippen molar-refractivity contribution in [3.8, 4) is 11.5 Å². The van der Waals surface area contributed by atoms with E-state index < -0.39 is 6.10 Å². The van der Waals surface area contributed by atoms with Crippen LogP contribution in [0.2, 0.25) is 0 Å². The minimum Gasteiger partial charge on any atom is -0.497 e. The van der Waals surface area contributed by atoms with Crippen molar-refractivity contribution in [1.82, 2.24) is 9.55 Å². The highest BCUT2D eigenvalue weighted by Gasteiger charge is 2.18. The summed E-state index contributed by atoms with van der Waals surface area (Å²) in [6.07, 6.45) is -0.0304. The van der Waals surface area contributed by atoms with Crippen molar-refractivity contribution in [2.24, 2.45) is 0 Å². The zero-order chi connectivity index (χ0) is 22.5. The van der Waals surface area contributed by atoms with Gasteiger partial charge in [-0.25, -0.2) is 4.98 Å². The molecule has 4 aromatic rings. The van der Waals surface area contributed by atoms with Gasteiger partial charge < -0.3 is 19.1 Å². The Hall–Kier alpha value is -3.64. The van der Waals surface area contributed by atoms with Gasteiger partial charge in [-0.1, -0.05) is 49.4 Å². The molecule has 6 nitrogen and oxygen atoms in total. The molecule has 0 spiro atoms. The van der Waals surface area contributed by atoms with Crippen LogP contribution in [0.5, 0.6) is 11.5 Å². The standard InChI is InChI=1S/C26H26N2O4/c1-3-25-27-22-11-7-8-12-23(22)28(25)16-19(29)17-32-24-15-20(31-2)13-14-21(24)26(30)18-9-5-4-6-10-18/h4-15,19,29H,3,16-17H2,1-2H3/t19-/m0/s1. The highest BCUT2D eigenvalue weighted by atomic mass is 16.5. The van der Waals surface area contributed by atoms with Crippen molar-refractivity contribution < 1.29 is 19.4 Å². The molecule has 0 aliphatic rings. The smallest absolute Gasteiger partial charge is 0.196 e. The summed E-state index contributed by atoms with van der Waals surface area (Å²) >= 11 is 0. The lowest BCUT2D eigenvalue weighted by molar-refractivity contribution is 0.0902. The van der Waals surface area contributed by atoms with Gasteiger partial charge in [-0.15, -0.1) is 0 Å². The van der Waals surface area contributed by atoms with E-state index in [1.54, 1.807) is 37.4 Å². The lowest BCUT2D eigenvalue weighted by Crippen LogP contribution is -2.25. The van der Waals surface area contributed by atoms with Crippen molar-refractivity contribution in [2.75, 3.05) is 13.7 Å². The predicted molar refractivity (Wildman–Crippen MR) is 123 cm³/mol. The van der Waals surface area contributed by atoms with Gasteiger partial charge in [0.25, 0.3) is 0 Å². The maximum atomic E-state index is 13.0. The van der Waals surface area contributed by atoms with E-state index in [0.29, 0.717) is 29.2 Å². The lowest BCUT2D eigenvalue weighted by Gasteiger charge is -2.17. The zero-order valence-corrected chi connectivity index (χ0v) is 18.2. The first-order valence-electron chi connectivity index (χ1n) is 10.6. The fourth-order valence-corrected chi connectivity index (χ4v) is 3.73. The Labute approximate surface area is 187 Å². The molecule has 164 valence electrons. The van der Waals surface area contributed by atoms with E-state index in [0.717, 1.165) is 23.3 Å². The second kappa shape index (κ2) is 9.66. The Kier molecular flexibility index (Phi) is 6.52. The van der Waals surface area contributed by atoms with E-state index in [4.69, 9.17) is 9.47 Å². The number of methoxy groups -OCH3 is 1. The molecule has 0 amide bonds. The number of imidazole rings is 1. The number of para-hydroxylation sites is 2. The Bertz CT molecular complexity index is 1220. The molecule has 0 aliphatic carbocycles. The Morgan fingerprint density at radius 2 is 1.81 bits per heavy atom. The number of carbonyl (C=O) groups excluding carboxylic acids is 1. The van der Waals surface area contributed by atoms with Gasteiger partial charge in [-0.3, -0.25) is 4.79 Å². The van der Waals surface area contributed by atoms with Crippen molar-refractivity contribution in [3.05, 3.63) is 89.7 Å². The Balaban J connectivity index is 1.54. The van der Waals surface area contributed by atoms with E-state index in [1.165, 1.54) is 0 Å². The molecule has 1 N–H and O–H groups in total. The number of hydrogen-bond donors (Lipinski definition) is 1. The number of aliphatic hydroxyl groups is 1. The first kappa shape index (κ1) is 21.6. The van der Waals surface area contributed by atoms with E-state index in [9.17, 15) is 9.90 Å². The number of aryl methyl sites for hydroxylation is 1. The topological polar surface area (TPSA) is 73.6 Å². The highest BCUT2D eigenvalue weighted by molar-refractivity contribution is 6.10. The monoisotopic (exact) mass is 430 g/mol. The third-order valence-electron chi connectivity index (χ3n) is 5.34. The third-order valence-corrected chi connectivity index (χ3v) is 5.34. The quantitative estimate of drug-likeness (QED) is 0.401. The van der Waals surface area contributed by atoms with Crippen LogP contribution in [0.25, 0.3) is 11.0 Å². The molecule has 0 radical (unpaired) electrons. The van der Waals surface area contributed by atoms with Crippen LogP contribution < -0.4 is 9.47 Å². The molecule has 0 saturated carbocycles. The molecule has 1 heterocycles. The van der Waals surface area contributed by atoms with E-state index in [1.807, 2.05) is 54.0 Å². The summed E-state index contributed by atoms with van der Waals surface area (Å²) in [5.74, 6) is 1.72.